The molecule has 0 radical (unpaired) electrons. The van der Waals surface area contributed by atoms with Crippen LogP contribution in [0.3, 0.4) is 0 Å². The van der Waals surface area contributed by atoms with E-state index < -0.39 is 0 Å². The van der Waals surface area contributed by atoms with Crippen molar-refractivity contribution in [3.63, 3.8) is 0 Å². The Morgan fingerprint density at radius 2 is 1.81 bits per heavy atom. The Labute approximate surface area is 127 Å². The molecule has 0 bridgehead atoms. The van der Waals surface area contributed by atoms with Crippen LogP contribution in [0.4, 0.5) is 11.6 Å². The summed E-state index contributed by atoms with van der Waals surface area (Å²) >= 11 is 0. The lowest BCUT2D eigenvalue weighted by molar-refractivity contribution is 0.773. The minimum absolute atomic E-state index is 0.303. The molecule has 2 aromatic rings. The van der Waals surface area contributed by atoms with Crippen LogP contribution in [0.5, 0.6) is 0 Å². The van der Waals surface area contributed by atoms with Gasteiger partial charge in [0.2, 0.25) is 0 Å². The van der Waals surface area contributed by atoms with Gasteiger partial charge in [-0.3, -0.25) is 0 Å². The molecule has 0 amide bonds. The predicted molar refractivity (Wildman–Crippen MR) is 88.9 cm³/mol. The van der Waals surface area contributed by atoms with Gasteiger partial charge in [-0.1, -0.05) is 43.7 Å². The van der Waals surface area contributed by atoms with Crippen LogP contribution in [0.1, 0.15) is 42.3 Å². The van der Waals surface area contributed by atoms with Gasteiger partial charge in [-0.15, -0.1) is 0 Å². The van der Waals surface area contributed by atoms with Crippen molar-refractivity contribution in [1.82, 2.24) is 9.97 Å². The highest BCUT2D eigenvalue weighted by Crippen LogP contribution is 2.23. The fourth-order valence-corrected chi connectivity index (χ4v) is 2.22. The fourth-order valence-electron chi connectivity index (χ4n) is 2.22. The first-order valence-electron chi connectivity index (χ1n) is 7.37. The number of hydrogen-bond donors (Lipinski definition) is 2. The Hall–Kier alpha value is -2.10. The Kier molecular flexibility index (Phi) is 4.78. The molecule has 4 nitrogen and oxygen atoms in total. The molecule has 2 N–H and O–H groups in total. The second kappa shape index (κ2) is 6.57. The van der Waals surface area contributed by atoms with Gasteiger partial charge in [0.05, 0.1) is 0 Å². The van der Waals surface area contributed by atoms with Crippen LogP contribution >= 0.6 is 0 Å². The van der Waals surface area contributed by atoms with Crippen LogP contribution in [0.25, 0.3) is 0 Å². The molecule has 0 unspecified atom stereocenters. The molecule has 0 saturated heterocycles. The lowest BCUT2D eigenvalue weighted by Crippen LogP contribution is -2.10. The molecule has 0 fully saturated rings. The second-order valence-corrected chi connectivity index (χ2v) is 5.65. The zero-order chi connectivity index (χ0) is 15.4. The summed E-state index contributed by atoms with van der Waals surface area (Å²) in [6.45, 7) is 9.12. The quantitative estimate of drug-likeness (QED) is 0.875. The van der Waals surface area contributed by atoms with Crippen molar-refractivity contribution in [2.45, 2.75) is 40.2 Å². The molecule has 112 valence electrons. The van der Waals surface area contributed by atoms with Crippen molar-refractivity contribution in [2.75, 3.05) is 17.7 Å². The molecule has 1 aromatic carbocycles. The van der Waals surface area contributed by atoms with Gasteiger partial charge in [-0.25, -0.2) is 9.97 Å². The molecule has 0 aliphatic heterocycles. The summed E-state index contributed by atoms with van der Waals surface area (Å²) < 4.78 is 0. The molecule has 0 aliphatic carbocycles. The maximum absolute atomic E-state index is 4.66. The van der Waals surface area contributed by atoms with E-state index in [0.29, 0.717) is 5.92 Å². The summed E-state index contributed by atoms with van der Waals surface area (Å²) in [4.78, 5) is 9.21. The van der Waals surface area contributed by atoms with Crippen molar-refractivity contribution in [1.29, 1.82) is 0 Å². The molecular weight excluding hydrogens is 260 g/mol. The van der Waals surface area contributed by atoms with Gasteiger partial charge in [0.15, 0.2) is 0 Å². The zero-order valence-corrected chi connectivity index (χ0v) is 13.5. The zero-order valence-electron chi connectivity index (χ0n) is 13.5. The highest BCUT2D eigenvalue weighted by Gasteiger charge is 2.12. The lowest BCUT2D eigenvalue weighted by atomic mass is 10.1. The molecule has 0 saturated carbocycles. The minimum atomic E-state index is 0.303. The smallest absolute Gasteiger partial charge is 0.135 e. The minimum Gasteiger partial charge on any atom is -0.373 e. The Balaban J connectivity index is 2.24. The molecule has 21 heavy (non-hydrogen) atoms. The number of benzene rings is 1. The number of rotatable bonds is 5. The van der Waals surface area contributed by atoms with E-state index in [1.165, 1.54) is 11.1 Å². The maximum atomic E-state index is 4.66. The van der Waals surface area contributed by atoms with E-state index in [1.54, 1.807) is 0 Å². The van der Waals surface area contributed by atoms with E-state index in [2.05, 4.69) is 65.6 Å². The summed E-state index contributed by atoms with van der Waals surface area (Å²) in [6.07, 6.45) is 0. The summed E-state index contributed by atoms with van der Waals surface area (Å²) in [7, 11) is 1.89. The van der Waals surface area contributed by atoms with Crippen LogP contribution in [-0.2, 0) is 6.54 Å². The van der Waals surface area contributed by atoms with Crippen LogP contribution < -0.4 is 10.6 Å². The third kappa shape index (κ3) is 3.72. The summed E-state index contributed by atoms with van der Waals surface area (Å²) in [6, 6.07) is 8.50. The van der Waals surface area contributed by atoms with Crippen molar-refractivity contribution in [3.05, 3.63) is 46.8 Å². The van der Waals surface area contributed by atoms with Crippen LogP contribution in [0.15, 0.2) is 24.3 Å². The molecule has 4 heteroatoms. The van der Waals surface area contributed by atoms with Gasteiger partial charge in [0.1, 0.15) is 17.5 Å². The topological polar surface area (TPSA) is 49.8 Å². The van der Waals surface area contributed by atoms with E-state index in [9.17, 15) is 0 Å². The largest absolute Gasteiger partial charge is 0.373 e. The van der Waals surface area contributed by atoms with Crippen molar-refractivity contribution in [3.8, 4) is 0 Å². The molecule has 1 aromatic heterocycles. The number of nitrogens with zero attached hydrogens (tertiary/aromatic N) is 2. The van der Waals surface area contributed by atoms with Crippen molar-refractivity contribution >= 4 is 11.6 Å². The molecule has 1 heterocycles. The lowest BCUT2D eigenvalue weighted by Gasteiger charge is -2.15. The van der Waals surface area contributed by atoms with E-state index in [-0.39, 0.29) is 0 Å². The van der Waals surface area contributed by atoms with Gasteiger partial charge in [-0.05, 0) is 19.4 Å². The molecule has 0 spiro atoms. The number of aryl methyl sites for hydroxylation is 1. The Morgan fingerprint density at radius 1 is 1.10 bits per heavy atom. The van der Waals surface area contributed by atoms with Gasteiger partial charge >= 0.3 is 0 Å². The molecular formula is C17H24N4. The first kappa shape index (κ1) is 15.3. The second-order valence-electron chi connectivity index (χ2n) is 5.65. The van der Waals surface area contributed by atoms with Gasteiger partial charge in [-0.2, -0.15) is 0 Å². The SMILES string of the molecule is CNc1nc(C(C)C)nc(NCc2cccc(C)c2)c1C. The van der Waals surface area contributed by atoms with E-state index in [1.807, 2.05) is 14.0 Å². The van der Waals surface area contributed by atoms with Crippen molar-refractivity contribution < 1.29 is 0 Å². The number of nitrogens with one attached hydrogen (secondary N) is 2. The van der Waals surface area contributed by atoms with Crippen LogP contribution in [0.2, 0.25) is 0 Å². The third-order valence-electron chi connectivity index (χ3n) is 3.46. The average Bonchev–Trinajstić information content (AvgIpc) is 2.46. The highest BCUT2D eigenvalue weighted by atomic mass is 15.1. The Morgan fingerprint density at radius 3 is 2.43 bits per heavy atom. The van der Waals surface area contributed by atoms with E-state index >= 15 is 0 Å². The maximum Gasteiger partial charge on any atom is 0.135 e. The fraction of sp³-hybridized carbons (Fsp3) is 0.412. The van der Waals surface area contributed by atoms with E-state index in [4.69, 9.17) is 0 Å². The average molecular weight is 284 g/mol. The molecule has 2 rings (SSSR count). The van der Waals surface area contributed by atoms with Crippen LogP contribution in [0, 0.1) is 13.8 Å². The molecule has 0 atom stereocenters. The number of aromatic nitrogens is 2. The predicted octanol–water partition coefficient (Wildman–Crippen LogP) is 3.87. The standard InChI is InChI=1S/C17H24N4/c1-11(2)15-20-16(18-5)13(4)17(21-15)19-10-14-8-6-7-12(3)9-14/h6-9,11H,10H2,1-5H3,(H2,18,19,20,21). The summed E-state index contributed by atoms with van der Waals surface area (Å²) in [5, 5.41) is 6.58. The monoisotopic (exact) mass is 284 g/mol. The Bertz CT molecular complexity index is 620. The normalized spacial score (nSPS) is 10.8. The van der Waals surface area contributed by atoms with Gasteiger partial charge in [0.25, 0.3) is 0 Å². The highest BCUT2D eigenvalue weighted by molar-refractivity contribution is 5.57. The number of anilines is 2. The first-order chi connectivity index (χ1) is 10.0. The molecule has 0 aliphatic rings. The third-order valence-corrected chi connectivity index (χ3v) is 3.46. The summed E-state index contributed by atoms with van der Waals surface area (Å²) in [5.74, 6) is 2.95. The van der Waals surface area contributed by atoms with Crippen LogP contribution in [-0.4, -0.2) is 17.0 Å². The van der Waals surface area contributed by atoms with Gasteiger partial charge < -0.3 is 10.6 Å². The summed E-state index contributed by atoms with van der Waals surface area (Å²) in [5.41, 5.74) is 3.58. The van der Waals surface area contributed by atoms with Crippen molar-refractivity contribution in [2.24, 2.45) is 0 Å². The number of hydrogen-bond acceptors (Lipinski definition) is 4. The first-order valence-corrected chi connectivity index (χ1v) is 7.37. The van der Waals surface area contributed by atoms with Gasteiger partial charge in [0, 0.05) is 25.1 Å². The van der Waals surface area contributed by atoms with E-state index in [0.717, 1.165) is 29.6 Å².